The Morgan fingerprint density at radius 1 is 1.10 bits per heavy atom. The lowest BCUT2D eigenvalue weighted by Gasteiger charge is -2.23. The molecule has 2 atom stereocenters. The van der Waals surface area contributed by atoms with E-state index in [4.69, 9.17) is 5.73 Å². The quantitative estimate of drug-likeness (QED) is 0.809. The maximum absolute atomic E-state index is 14.0. The second kappa shape index (κ2) is 5.29. The molecule has 0 saturated carbocycles. The molecule has 104 valence electrons. The monoisotopic (exact) mass is 274 g/mol. The van der Waals surface area contributed by atoms with Crippen molar-refractivity contribution < 1.29 is 8.78 Å². The van der Waals surface area contributed by atoms with Crippen molar-refractivity contribution in [2.45, 2.75) is 31.2 Å². The Balaban J connectivity index is 2.05. The van der Waals surface area contributed by atoms with Crippen LogP contribution in [0.2, 0.25) is 0 Å². The van der Waals surface area contributed by atoms with Crippen LogP contribution in [-0.2, 0) is 6.42 Å². The number of aryl methyl sites for hydroxylation is 1. The van der Waals surface area contributed by atoms with Crippen LogP contribution < -0.4 is 5.73 Å². The van der Waals surface area contributed by atoms with Crippen LogP contribution >= 0.6 is 0 Å². The van der Waals surface area contributed by atoms with Gasteiger partial charge >= 0.3 is 0 Å². The standard InChI is InChI=1S/C16H16F2N2/c17-13-7-1-4-10(15(13)18)11-5-2-8-14-12(16(11)19)6-3-9-20-14/h1,3-4,6-7,9,11,16H,2,5,8,19H2. The van der Waals surface area contributed by atoms with E-state index in [2.05, 4.69) is 4.98 Å². The van der Waals surface area contributed by atoms with Gasteiger partial charge < -0.3 is 5.73 Å². The van der Waals surface area contributed by atoms with E-state index in [1.165, 1.54) is 6.07 Å². The molecule has 1 aromatic heterocycles. The minimum Gasteiger partial charge on any atom is -0.323 e. The predicted octanol–water partition coefficient (Wildman–Crippen LogP) is 3.48. The summed E-state index contributed by atoms with van der Waals surface area (Å²) in [6.45, 7) is 0. The third-order valence-corrected chi connectivity index (χ3v) is 4.03. The Bertz CT molecular complexity index is 628. The molecule has 0 radical (unpaired) electrons. The van der Waals surface area contributed by atoms with Crippen molar-refractivity contribution in [1.29, 1.82) is 0 Å². The number of hydrogen-bond acceptors (Lipinski definition) is 2. The summed E-state index contributed by atoms with van der Waals surface area (Å²) < 4.78 is 27.5. The summed E-state index contributed by atoms with van der Waals surface area (Å²) >= 11 is 0. The third-order valence-electron chi connectivity index (χ3n) is 4.03. The molecule has 1 aromatic carbocycles. The van der Waals surface area contributed by atoms with E-state index in [0.717, 1.165) is 36.6 Å². The highest BCUT2D eigenvalue weighted by Gasteiger charge is 2.29. The first-order valence-corrected chi connectivity index (χ1v) is 6.81. The number of pyridine rings is 1. The lowest BCUT2D eigenvalue weighted by atomic mass is 9.86. The van der Waals surface area contributed by atoms with E-state index in [1.54, 1.807) is 12.3 Å². The number of hydrogen-bond donors (Lipinski definition) is 1. The second-order valence-corrected chi connectivity index (χ2v) is 5.21. The van der Waals surface area contributed by atoms with Gasteiger partial charge in [-0.15, -0.1) is 0 Å². The molecule has 0 amide bonds. The van der Waals surface area contributed by atoms with Crippen LogP contribution in [0.3, 0.4) is 0 Å². The molecule has 4 heteroatoms. The Morgan fingerprint density at radius 3 is 2.75 bits per heavy atom. The van der Waals surface area contributed by atoms with E-state index < -0.39 is 11.6 Å². The maximum atomic E-state index is 14.0. The van der Waals surface area contributed by atoms with Crippen molar-refractivity contribution in [3.8, 4) is 0 Å². The average molecular weight is 274 g/mol. The number of nitrogens with zero attached hydrogens (tertiary/aromatic N) is 1. The highest BCUT2D eigenvalue weighted by atomic mass is 19.2. The molecule has 0 aliphatic heterocycles. The van der Waals surface area contributed by atoms with E-state index in [0.29, 0.717) is 5.56 Å². The fraction of sp³-hybridized carbons (Fsp3) is 0.312. The van der Waals surface area contributed by atoms with Gasteiger partial charge in [0, 0.05) is 23.9 Å². The first-order valence-electron chi connectivity index (χ1n) is 6.81. The zero-order chi connectivity index (χ0) is 14.1. The van der Waals surface area contributed by atoms with Gasteiger partial charge in [0.1, 0.15) is 0 Å². The zero-order valence-electron chi connectivity index (χ0n) is 11.0. The second-order valence-electron chi connectivity index (χ2n) is 5.21. The van der Waals surface area contributed by atoms with Crippen LogP contribution in [0.1, 0.15) is 41.6 Å². The van der Waals surface area contributed by atoms with Crippen LogP contribution in [0.4, 0.5) is 8.78 Å². The molecular weight excluding hydrogens is 258 g/mol. The highest BCUT2D eigenvalue weighted by molar-refractivity contribution is 5.32. The molecule has 2 nitrogen and oxygen atoms in total. The molecule has 0 fully saturated rings. The predicted molar refractivity (Wildman–Crippen MR) is 73.2 cm³/mol. The van der Waals surface area contributed by atoms with Crippen molar-refractivity contribution in [2.24, 2.45) is 5.73 Å². The van der Waals surface area contributed by atoms with E-state index in [-0.39, 0.29) is 12.0 Å². The SMILES string of the molecule is NC1c2cccnc2CCCC1c1cccc(F)c1F. The molecule has 20 heavy (non-hydrogen) atoms. The van der Waals surface area contributed by atoms with Crippen LogP contribution in [0.25, 0.3) is 0 Å². The minimum absolute atomic E-state index is 0.212. The van der Waals surface area contributed by atoms with Crippen molar-refractivity contribution in [1.82, 2.24) is 4.98 Å². The summed E-state index contributed by atoms with van der Waals surface area (Å²) in [6, 6.07) is 7.72. The number of aromatic nitrogens is 1. The van der Waals surface area contributed by atoms with Crippen LogP contribution in [0.15, 0.2) is 36.5 Å². The normalized spacial score (nSPS) is 22.1. The first-order chi connectivity index (χ1) is 9.68. The van der Waals surface area contributed by atoms with Gasteiger partial charge in [0.05, 0.1) is 0 Å². The summed E-state index contributed by atoms with van der Waals surface area (Å²) in [4.78, 5) is 4.35. The summed E-state index contributed by atoms with van der Waals surface area (Å²) in [5.41, 5.74) is 8.60. The van der Waals surface area contributed by atoms with Gasteiger partial charge in [0.15, 0.2) is 11.6 Å². The summed E-state index contributed by atoms with van der Waals surface area (Å²) in [6.07, 6.45) is 4.18. The molecular formula is C16H16F2N2. The largest absolute Gasteiger partial charge is 0.323 e. The van der Waals surface area contributed by atoms with Gasteiger partial charge in [0.2, 0.25) is 0 Å². The summed E-state index contributed by atoms with van der Waals surface area (Å²) in [7, 11) is 0. The van der Waals surface area contributed by atoms with Crippen molar-refractivity contribution in [3.05, 3.63) is 65.0 Å². The van der Waals surface area contributed by atoms with Gasteiger partial charge in [0.25, 0.3) is 0 Å². The van der Waals surface area contributed by atoms with Crippen LogP contribution in [-0.4, -0.2) is 4.98 Å². The topological polar surface area (TPSA) is 38.9 Å². The summed E-state index contributed by atoms with van der Waals surface area (Å²) in [5.74, 6) is -1.80. The van der Waals surface area contributed by atoms with Gasteiger partial charge in [-0.05, 0) is 42.5 Å². The van der Waals surface area contributed by atoms with Crippen LogP contribution in [0, 0.1) is 11.6 Å². The highest BCUT2D eigenvalue weighted by Crippen LogP contribution is 2.38. The summed E-state index contributed by atoms with van der Waals surface area (Å²) in [5, 5.41) is 0. The van der Waals surface area contributed by atoms with Gasteiger partial charge in [-0.2, -0.15) is 0 Å². The van der Waals surface area contributed by atoms with Crippen molar-refractivity contribution in [3.63, 3.8) is 0 Å². The number of rotatable bonds is 1. The molecule has 1 aliphatic carbocycles. The fourth-order valence-corrected chi connectivity index (χ4v) is 3.00. The first kappa shape index (κ1) is 13.2. The van der Waals surface area contributed by atoms with E-state index in [1.807, 2.05) is 12.1 Å². The van der Waals surface area contributed by atoms with E-state index in [9.17, 15) is 8.78 Å². The van der Waals surface area contributed by atoms with Crippen molar-refractivity contribution in [2.75, 3.05) is 0 Å². The zero-order valence-corrected chi connectivity index (χ0v) is 11.0. The molecule has 3 rings (SSSR count). The Hall–Kier alpha value is -1.81. The molecule has 2 N–H and O–H groups in total. The minimum atomic E-state index is -0.814. The third kappa shape index (κ3) is 2.20. The van der Waals surface area contributed by atoms with Crippen molar-refractivity contribution >= 4 is 0 Å². The number of halogens is 2. The molecule has 2 unspecified atom stereocenters. The van der Waals surface area contributed by atoms with Crippen LogP contribution in [0.5, 0.6) is 0 Å². The fourth-order valence-electron chi connectivity index (χ4n) is 3.00. The van der Waals surface area contributed by atoms with Gasteiger partial charge in [-0.25, -0.2) is 8.78 Å². The molecule has 0 spiro atoms. The Morgan fingerprint density at radius 2 is 1.90 bits per heavy atom. The van der Waals surface area contributed by atoms with Gasteiger partial charge in [-0.1, -0.05) is 18.2 Å². The number of fused-ring (bicyclic) bond motifs is 1. The molecule has 0 saturated heterocycles. The maximum Gasteiger partial charge on any atom is 0.162 e. The Labute approximate surface area is 116 Å². The Kier molecular flexibility index (Phi) is 3.49. The van der Waals surface area contributed by atoms with Gasteiger partial charge in [-0.3, -0.25) is 4.98 Å². The number of nitrogens with two attached hydrogens (primary N) is 1. The molecule has 0 bridgehead atoms. The smallest absolute Gasteiger partial charge is 0.162 e. The van der Waals surface area contributed by atoms with E-state index >= 15 is 0 Å². The molecule has 1 aliphatic rings. The lowest BCUT2D eigenvalue weighted by molar-refractivity contribution is 0.455. The molecule has 2 aromatic rings. The molecule has 1 heterocycles. The number of benzene rings is 1. The lowest BCUT2D eigenvalue weighted by Crippen LogP contribution is -2.21. The average Bonchev–Trinajstić information content (AvgIpc) is 2.62.